The maximum Gasteiger partial charge on any atom is 0.253 e. The van der Waals surface area contributed by atoms with E-state index in [0.29, 0.717) is 17.2 Å². The summed E-state index contributed by atoms with van der Waals surface area (Å²) in [5, 5.41) is 0.648. The Morgan fingerprint density at radius 2 is 1.69 bits per heavy atom. The Labute approximate surface area is 164 Å². The Bertz CT molecular complexity index is 714. The van der Waals surface area contributed by atoms with E-state index in [1.54, 1.807) is 36.0 Å². The highest BCUT2D eigenvalue weighted by atomic mass is 35.5. The van der Waals surface area contributed by atoms with Gasteiger partial charge in [-0.3, -0.25) is 9.69 Å². The fraction of sp³-hybridized carbons (Fsp3) is 0.350. The zero-order valence-electron chi connectivity index (χ0n) is 14.9. The van der Waals surface area contributed by atoms with Gasteiger partial charge in [-0.2, -0.15) is 0 Å². The van der Waals surface area contributed by atoms with Gasteiger partial charge in [-0.25, -0.2) is 0 Å². The van der Waals surface area contributed by atoms with E-state index >= 15 is 0 Å². The van der Waals surface area contributed by atoms with Crippen LogP contribution in [0.5, 0.6) is 5.75 Å². The quantitative estimate of drug-likeness (QED) is 0.700. The van der Waals surface area contributed by atoms with Crippen molar-refractivity contribution in [2.24, 2.45) is 0 Å². The van der Waals surface area contributed by atoms with Crippen molar-refractivity contribution in [3.63, 3.8) is 0 Å². The molecule has 1 saturated heterocycles. The summed E-state index contributed by atoms with van der Waals surface area (Å²) < 4.78 is 5.82. The van der Waals surface area contributed by atoms with Crippen LogP contribution in [0.25, 0.3) is 0 Å². The first-order valence-corrected chi connectivity index (χ1v) is 10.3. The van der Waals surface area contributed by atoms with E-state index in [9.17, 15) is 4.79 Å². The standard InChI is InChI=1S/C20H23ClN2O2S/c1-26-19-8-6-18(7-9-19)25-15-14-22-10-12-23(13-11-22)20(24)16-2-4-17(21)5-3-16/h2-9H,10-15H2,1H3. The van der Waals surface area contributed by atoms with Crippen molar-refractivity contribution in [2.45, 2.75) is 4.90 Å². The van der Waals surface area contributed by atoms with Gasteiger partial charge in [0.05, 0.1) is 0 Å². The van der Waals surface area contributed by atoms with Gasteiger partial charge in [-0.05, 0) is 54.8 Å². The van der Waals surface area contributed by atoms with Crippen LogP contribution >= 0.6 is 23.4 Å². The number of rotatable bonds is 6. The molecule has 0 atom stereocenters. The Morgan fingerprint density at radius 1 is 1.04 bits per heavy atom. The SMILES string of the molecule is CSc1ccc(OCCN2CCN(C(=O)c3ccc(Cl)cc3)CC2)cc1. The molecular weight excluding hydrogens is 368 g/mol. The van der Waals surface area contributed by atoms with E-state index in [-0.39, 0.29) is 5.91 Å². The average molecular weight is 391 g/mol. The van der Waals surface area contributed by atoms with Crippen LogP contribution in [0.2, 0.25) is 5.02 Å². The number of piperazine rings is 1. The molecule has 0 bridgehead atoms. The van der Waals surface area contributed by atoms with Gasteiger partial charge < -0.3 is 9.64 Å². The van der Waals surface area contributed by atoms with E-state index in [4.69, 9.17) is 16.3 Å². The summed E-state index contributed by atoms with van der Waals surface area (Å²) in [6.07, 6.45) is 2.06. The maximum atomic E-state index is 12.5. The van der Waals surface area contributed by atoms with Crippen LogP contribution < -0.4 is 4.74 Å². The third-order valence-corrected chi connectivity index (χ3v) is 5.48. The van der Waals surface area contributed by atoms with E-state index in [2.05, 4.69) is 23.3 Å². The van der Waals surface area contributed by atoms with Crippen molar-refractivity contribution < 1.29 is 9.53 Å². The van der Waals surface area contributed by atoms with Gasteiger partial charge in [0.2, 0.25) is 0 Å². The van der Waals surface area contributed by atoms with Crippen molar-refractivity contribution >= 4 is 29.3 Å². The van der Waals surface area contributed by atoms with Crippen LogP contribution in [0.15, 0.2) is 53.4 Å². The molecule has 2 aromatic rings. The molecule has 0 radical (unpaired) electrons. The fourth-order valence-corrected chi connectivity index (χ4v) is 3.45. The van der Waals surface area contributed by atoms with Crippen LogP contribution in [-0.2, 0) is 0 Å². The van der Waals surface area contributed by atoms with Crippen molar-refractivity contribution in [1.82, 2.24) is 9.80 Å². The first-order chi connectivity index (χ1) is 12.7. The molecular formula is C20H23ClN2O2S. The molecule has 3 rings (SSSR count). The molecule has 1 fully saturated rings. The predicted octanol–water partition coefficient (Wildman–Crippen LogP) is 3.90. The second-order valence-electron chi connectivity index (χ2n) is 6.16. The van der Waals surface area contributed by atoms with Gasteiger partial charge in [0.1, 0.15) is 12.4 Å². The lowest BCUT2D eigenvalue weighted by Crippen LogP contribution is -2.49. The first kappa shape index (κ1) is 19.1. The first-order valence-electron chi connectivity index (χ1n) is 8.70. The molecule has 1 aliphatic heterocycles. The van der Waals surface area contributed by atoms with Gasteiger partial charge in [-0.15, -0.1) is 11.8 Å². The number of amides is 1. The number of thioether (sulfide) groups is 1. The van der Waals surface area contributed by atoms with Crippen LogP contribution in [0.4, 0.5) is 0 Å². The number of nitrogens with zero attached hydrogens (tertiary/aromatic N) is 2. The molecule has 2 aromatic carbocycles. The minimum Gasteiger partial charge on any atom is -0.492 e. The summed E-state index contributed by atoms with van der Waals surface area (Å²) in [5.74, 6) is 0.978. The van der Waals surface area contributed by atoms with Crippen LogP contribution in [0.3, 0.4) is 0 Å². The second kappa shape index (κ2) is 9.31. The van der Waals surface area contributed by atoms with Gasteiger partial charge in [0, 0.05) is 48.2 Å². The van der Waals surface area contributed by atoms with Gasteiger partial charge in [-0.1, -0.05) is 11.6 Å². The summed E-state index contributed by atoms with van der Waals surface area (Å²) in [7, 11) is 0. The maximum absolute atomic E-state index is 12.5. The van der Waals surface area contributed by atoms with Crippen molar-refractivity contribution in [3.05, 3.63) is 59.1 Å². The molecule has 0 saturated carbocycles. The van der Waals surface area contributed by atoms with E-state index in [0.717, 1.165) is 38.5 Å². The molecule has 1 aliphatic rings. The minimum absolute atomic E-state index is 0.0754. The minimum atomic E-state index is 0.0754. The lowest BCUT2D eigenvalue weighted by Gasteiger charge is -2.34. The summed E-state index contributed by atoms with van der Waals surface area (Å²) in [4.78, 5) is 18.0. The molecule has 1 heterocycles. The lowest BCUT2D eigenvalue weighted by molar-refractivity contribution is 0.0620. The highest BCUT2D eigenvalue weighted by molar-refractivity contribution is 7.98. The second-order valence-corrected chi connectivity index (χ2v) is 7.48. The van der Waals surface area contributed by atoms with Crippen LogP contribution in [0, 0.1) is 0 Å². The Hall–Kier alpha value is -1.69. The number of benzene rings is 2. The number of carbonyl (C=O) groups excluding carboxylic acids is 1. The van der Waals surface area contributed by atoms with Gasteiger partial charge in [0.25, 0.3) is 5.91 Å². The number of halogens is 1. The molecule has 26 heavy (non-hydrogen) atoms. The molecule has 0 unspecified atom stereocenters. The third-order valence-electron chi connectivity index (χ3n) is 4.49. The van der Waals surface area contributed by atoms with E-state index in [1.807, 2.05) is 17.0 Å². The van der Waals surface area contributed by atoms with Crippen molar-refractivity contribution in [2.75, 3.05) is 45.6 Å². The van der Waals surface area contributed by atoms with Gasteiger partial charge >= 0.3 is 0 Å². The molecule has 0 aliphatic carbocycles. The Kier molecular flexibility index (Phi) is 6.83. The molecule has 0 spiro atoms. The molecule has 6 heteroatoms. The molecule has 1 amide bonds. The van der Waals surface area contributed by atoms with Crippen LogP contribution in [-0.4, -0.2) is 61.3 Å². The predicted molar refractivity (Wildman–Crippen MR) is 108 cm³/mol. The average Bonchev–Trinajstić information content (AvgIpc) is 2.69. The lowest BCUT2D eigenvalue weighted by atomic mass is 10.2. The Balaban J connectivity index is 1.40. The topological polar surface area (TPSA) is 32.8 Å². The van der Waals surface area contributed by atoms with E-state index < -0.39 is 0 Å². The molecule has 0 N–H and O–H groups in total. The molecule has 0 aromatic heterocycles. The molecule has 138 valence electrons. The number of carbonyl (C=O) groups is 1. The van der Waals surface area contributed by atoms with Crippen molar-refractivity contribution in [1.29, 1.82) is 0 Å². The number of hydrogen-bond acceptors (Lipinski definition) is 4. The summed E-state index contributed by atoms with van der Waals surface area (Å²) in [6.45, 7) is 4.74. The van der Waals surface area contributed by atoms with Crippen molar-refractivity contribution in [3.8, 4) is 5.75 Å². The number of hydrogen-bond donors (Lipinski definition) is 0. The summed E-state index contributed by atoms with van der Waals surface area (Å²) in [5.41, 5.74) is 0.694. The normalized spacial score (nSPS) is 15.1. The fourth-order valence-electron chi connectivity index (χ4n) is 2.91. The smallest absolute Gasteiger partial charge is 0.253 e. The Morgan fingerprint density at radius 3 is 2.31 bits per heavy atom. The monoisotopic (exact) mass is 390 g/mol. The zero-order chi connectivity index (χ0) is 18.4. The number of ether oxygens (including phenoxy) is 1. The summed E-state index contributed by atoms with van der Waals surface area (Å²) in [6, 6.07) is 15.2. The third kappa shape index (κ3) is 5.16. The molecule has 4 nitrogen and oxygen atoms in total. The largest absolute Gasteiger partial charge is 0.492 e. The summed E-state index contributed by atoms with van der Waals surface area (Å²) >= 11 is 7.61. The van der Waals surface area contributed by atoms with Gasteiger partial charge in [0.15, 0.2) is 0 Å². The highest BCUT2D eigenvalue weighted by Gasteiger charge is 2.21. The van der Waals surface area contributed by atoms with Crippen LogP contribution in [0.1, 0.15) is 10.4 Å². The zero-order valence-corrected chi connectivity index (χ0v) is 16.4. The van der Waals surface area contributed by atoms with E-state index in [1.165, 1.54) is 4.90 Å². The highest BCUT2D eigenvalue weighted by Crippen LogP contribution is 2.19.